The van der Waals surface area contributed by atoms with Crippen molar-refractivity contribution in [3.8, 4) is 11.6 Å². The summed E-state index contributed by atoms with van der Waals surface area (Å²) in [4.78, 5) is 54.3. The van der Waals surface area contributed by atoms with Gasteiger partial charge in [-0.1, -0.05) is 6.58 Å². The summed E-state index contributed by atoms with van der Waals surface area (Å²) in [6.45, 7) is 5.29. The number of aryl methyl sites for hydroxylation is 1. The van der Waals surface area contributed by atoms with Crippen molar-refractivity contribution in [3.63, 3.8) is 0 Å². The van der Waals surface area contributed by atoms with Gasteiger partial charge in [-0.2, -0.15) is 0 Å². The van der Waals surface area contributed by atoms with Crippen molar-refractivity contribution in [2.45, 2.75) is 38.3 Å². The number of urea groups is 1. The number of thiophene rings is 1. The van der Waals surface area contributed by atoms with E-state index in [9.17, 15) is 14.4 Å². The van der Waals surface area contributed by atoms with Gasteiger partial charge in [-0.3, -0.25) is 19.5 Å². The fourth-order valence-electron chi connectivity index (χ4n) is 5.12. The van der Waals surface area contributed by atoms with Crippen molar-refractivity contribution >= 4 is 56.5 Å². The third kappa shape index (κ3) is 4.62. The minimum absolute atomic E-state index is 0.181. The Hall–Kier alpha value is -4.84. The molecule has 4 aromatic heterocycles. The monoisotopic (exact) mass is 555 g/mol. The number of nitrogens with one attached hydrogen (secondary N) is 3. The van der Waals surface area contributed by atoms with E-state index in [-0.39, 0.29) is 23.9 Å². The van der Waals surface area contributed by atoms with E-state index in [2.05, 4.69) is 37.5 Å². The van der Waals surface area contributed by atoms with E-state index >= 15 is 0 Å². The fourth-order valence-corrected chi connectivity index (χ4v) is 6.14. The van der Waals surface area contributed by atoms with Crippen LogP contribution in [-0.2, 0) is 4.79 Å². The molecule has 2 aliphatic rings. The van der Waals surface area contributed by atoms with E-state index in [4.69, 9.17) is 4.74 Å². The van der Waals surface area contributed by atoms with Crippen LogP contribution in [0, 0.1) is 6.92 Å². The zero-order valence-electron chi connectivity index (χ0n) is 21.5. The van der Waals surface area contributed by atoms with Gasteiger partial charge in [0.2, 0.25) is 11.8 Å². The van der Waals surface area contributed by atoms with Gasteiger partial charge in [0.25, 0.3) is 5.91 Å². The number of carbonyl (C=O) groups is 3. The van der Waals surface area contributed by atoms with E-state index in [1.807, 2.05) is 0 Å². The molecule has 0 bridgehead atoms. The number of hydrogen-bond donors (Lipinski definition) is 3. The van der Waals surface area contributed by atoms with Crippen LogP contribution in [0.5, 0.6) is 11.6 Å². The third-order valence-corrected chi connectivity index (χ3v) is 8.02. The zero-order valence-corrected chi connectivity index (χ0v) is 22.3. The van der Waals surface area contributed by atoms with Gasteiger partial charge in [-0.15, -0.1) is 11.3 Å². The standard InChI is InChI=1S/C28H25N7O4S/c1-3-21(36)32-17-7-4-8-18(17)33-26(37)25-24-23-20(11-13-30-27(23)40-25)35(28(38)34-24)19-9-10-22(31-15(19)2)39-16-6-5-12-29-14-16/h3,5-6,9-14,17-18H,1,4,7-8H2,2H3,(H,32,36)(H,33,37)(H,34,38)/t17-,18+/m0/s1. The Morgan fingerprint density at radius 1 is 1.15 bits per heavy atom. The zero-order chi connectivity index (χ0) is 27.8. The van der Waals surface area contributed by atoms with E-state index in [1.165, 1.54) is 22.3 Å². The molecule has 40 heavy (non-hydrogen) atoms. The Labute approximate surface area is 233 Å². The first-order valence-corrected chi connectivity index (χ1v) is 13.6. The number of nitrogens with zero attached hydrogens (tertiary/aromatic N) is 4. The molecule has 12 heteroatoms. The first-order chi connectivity index (χ1) is 19.4. The molecule has 5 heterocycles. The first kappa shape index (κ1) is 25.4. The maximum Gasteiger partial charge on any atom is 0.331 e. The van der Waals surface area contributed by atoms with Crippen LogP contribution in [0.3, 0.4) is 0 Å². The van der Waals surface area contributed by atoms with Crippen molar-refractivity contribution in [2.24, 2.45) is 0 Å². The lowest BCUT2D eigenvalue weighted by molar-refractivity contribution is -0.117. The highest BCUT2D eigenvalue weighted by Crippen LogP contribution is 2.46. The molecular weight excluding hydrogens is 530 g/mol. The summed E-state index contributed by atoms with van der Waals surface area (Å²) >= 11 is 1.21. The van der Waals surface area contributed by atoms with Crippen LogP contribution in [-0.4, -0.2) is 44.9 Å². The fraction of sp³-hybridized carbons (Fsp3) is 0.214. The third-order valence-electron chi connectivity index (χ3n) is 6.93. The number of aromatic nitrogens is 3. The summed E-state index contributed by atoms with van der Waals surface area (Å²) in [5.41, 5.74) is 2.17. The lowest BCUT2D eigenvalue weighted by Gasteiger charge is -2.29. The largest absolute Gasteiger partial charge is 0.437 e. The number of carbonyl (C=O) groups excluding carboxylic acids is 3. The highest BCUT2D eigenvalue weighted by Gasteiger charge is 2.35. The second-order valence-electron chi connectivity index (χ2n) is 9.46. The summed E-state index contributed by atoms with van der Waals surface area (Å²) in [5.74, 6) is 0.327. The lowest BCUT2D eigenvalue weighted by atomic mass is 10.1. The van der Waals surface area contributed by atoms with Gasteiger partial charge in [-0.05, 0) is 56.5 Å². The molecule has 1 saturated carbocycles. The maximum absolute atomic E-state index is 13.5. The summed E-state index contributed by atoms with van der Waals surface area (Å²) in [6, 6.07) is 7.92. The molecule has 1 fully saturated rings. The average Bonchev–Trinajstić information content (AvgIpc) is 3.55. The van der Waals surface area contributed by atoms with Gasteiger partial charge in [0.1, 0.15) is 15.5 Å². The molecule has 6 rings (SSSR count). The van der Waals surface area contributed by atoms with Gasteiger partial charge in [0, 0.05) is 30.5 Å². The second-order valence-corrected chi connectivity index (χ2v) is 10.5. The molecule has 0 radical (unpaired) electrons. The van der Waals surface area contributed by atoms with Crippen LogP contribution >= 0.6 is 11.3 Å². The Bertz CT molecular complexity index is 1660. The van der Waals surface area contributed by atoms with Crippen LogP contribution < -0.4 is 25.6 Å². The molecular formula is C28H25N7O4S. The molecule has 1 aliphatic heterocycles. The topological polar surface area (TPSA) is 138 Å². The highest BCUT2D eigenvalue weighted by atomic mass is 32.1. The van der Waals surface area contributed by atoms with Gasteiger partial charge in [0.05, 0.1) is 34.3 Å². The maximum atomic E-state index is 13.5. The summed E-state index contributed by atoms with van der Waals surface area (Å²) in [6.07, 6.45) is 8.47. The van der Waals surface area contributed by atoms with Crippen LogP contribution in [0.2, 0.25) is 0 Å². The van der Waals surface area contributed by atoms with Crippen LogP contribution in [0.25, 0.3) is 10.2 Å². The Morgan fingerprint density at radius 3 is 2.73 bits per heavy atom. The van der Waals surface area contributed by atoms with E-state index in [1.54, 1.807) is 55.8 Å². The molecule has 0 spiro atoms. The SMILES string of the molecule is C=CC(=O)N[C@H]1CCC[C@H]1NC(=O)c1sc2nccc3c2c1NC(=O)N3c1ccc(Oc2cccnc2)nc1C. The average molecular weight is 556 g/mol. The molecule has 11 nitrogen and oxygen atoms in total. The molecule has 0 unspecified atom stereocenters. The van der Waals surface area contributed by atoms with Crippen LogP contribution in [0.1, 0.15) is 34.6 Å². The van der Waals surface area contributed by atoms with Gasteiger partial charge in [-0.25, -0.2) is 14.8 Å². The molecule has 2 atom stereocenters. The molecule has 1 aliphatic carbocycles. The molecule has 4 amide bonds. The van der Waals surface area contributed by atoms with Crippen molar-refractivity contribution in [3.05, 3.63) is 72.1 Å². The van der Waals surface area contributed by atoms with E-state index in [0.29, 0.717) is 49.5 Å². The number of pyridine rings is 3. The molecule has 3 N–H and O–H groups in total. The minimum atomic E-state index is -0.421. The van der Waals surface area contributed by atoms with E-state index < -0.39 is 6.03 Å². The number of hydrogen-bond acceptors (Lipinski definition) is 8. The molecule has 0 saturated heterocycles. The lowest BCUT2D eigenvalue weighted by Crippen LogP contribution is -2.48. The number of rotatable bonds is 7. The van der Waals surface area contributed by atoms with Gasteiger partial charge in [0.15, 0.2) is 0 Å². The predicted molar refractivity (Wildman–Crippen MR) is 151 cm³/mol. The van der Waals surface area contributed by atoms with E-state index in [0.717, 1.165) is 19.3 Å². The Balaban J connectivity index is 1.30. The molecule has 202 valence electrons. The van der Waals surface area contributed by atoms with Crippen molar-refractivity contribution in [1.29, 1.82) is 0 Å². The Morgan fingerprint density at radius 2 is 1.98 bits per heavy atom. The number of ether oxygens (including phenoxy) is 1. The van der Waals surface area contributed by atoms with Gasteiger partial charge < -0.3 is 20.7 Å². The summed E-state index contributed by atoms with van der Waals surface area (Å²) < 4.78 is 5.79. The normalized spacial score (nSPS) is 17.8. The second kappa shape index (κ2) is 10.4. The smallest absolute Gasteiger partial charge is 0.331 e. The number of anilines is 3. The van der Waals surface area contributed by atoms with Crippen LogP contribution in [0.4, 0.5) is 21.9 Å². The van der Waals surface area contributed by atoms with Crippen molar-refractivity contribution in [2.75, 3.05) is 10.2 Å². The Kier molecular flexibility index (Phi) is 6.60. The number of amides is 4. The highest BCUT2D eigenvalue weighted by molar-refractivity contribution is 7.21. The summed E-state index contributed by atoms with van der Waals surface area (Å²) in [5, 5.41) is 9.52. The van der Waals surface area contributed by atoms with Crippen molar-refractivity contribution < 1.29 is 19.1 Å². The van der Waals surface area contributed by atoms with Gasteiger partial charge >= 0.3 is 6.03 Å². The molecule has 0 aromatic carbocycles. The minimum Gasteiger partial charge on any atom is -0.437 e. The van der Waals surface area contributed by atoms with Crippen molar-refractivity contribution in [1.82, 2.24) is 25.6 Å². The van der Waals surface area contributed by atoms with Crippen LogP contribution in [0.15, 0.2) is 61.6 Å². The molecule has 4 aromatic rings. The predicted octanol–water partition coefficient (Wildman–Crippen LogP) is 4.82. The first-order valence-electron chi connectivity index (χ1n) is 12.7. The quantitative estimate of drug-likeness (QED) is 0.278. The summed E-state index contributed by atoms with van der Waals surface area (Å²) in [7, 11) is 0.